The topological polar surface area (TPSA) is 87.7 Å². The highest BCUT2D eigenvalue weighted by molar-refractivity contribution is 6.26. The zero-order valence-electron chi connectivity index (χ0n) is 24.6. The average Bonchev–Trinajstić information content (AvgIpc) is 3.60. The third-order valence-corrected chi connectivity index (χ3v) is 8.42. The van der Waals surface area contributed by atoms with Crippen LogP contribution in [0.5, 0.6) is 0 Å². The molecule has 0 saturated heterocycles. The standard InChI is InChI=1S/C41H27N4/c1-2-26(23-42)19-40(44)30-11-7-28(8-12-30)32-15-17-36-34-5-3-4-6-35(34)37-18-16-33(22-39(37)38(36)21-32)29-9-13-31(14-10-29)41-20-27(24-43)25-45-41/h2-22,25H,44H2,1H3/q+1/b26-2+,40-19-. The van der Waals surface area contributed by atoms with Crippen molar-refractivity contribution in [3.05, 3.63) is 150 Å². The molecule has 45 heavy (non-hydrogen) atoms. The second kappa shape index (κ2) is 11.3. The van der Waals surface area contributed by atoms with E-state index in [-0.39, 0.29) is 0 Å². The monoisotopic (exact) mass is 575 g/mol. The van der Waals surface area contributed by atoms with E-state index in [0.29, 0.717) is 16.8 Å². The van der Waals surface area contributed by atoms with E-state index in [0.717, 1.165) is 39.1 Å². The normalized spacial score (nSPS) is 13.1. The molecule has 6 aromatic carbocycles. The molecular formula is C41H27N4+. The predicted octanol–water partition coefficient (Wildman–Crippen LogP) is 8.64. The van der Waals surface area contributed by atoms with E-state index in [4.69, 9.17) is 11.0 Å². The lowest BCUT2D eigenvalue weighted by Gasteiger charge is -2.14. The molecule has 1 heterocycles. The second-order valence-electron chi connectivity index (χ2n) is 11.0. The van der Waals surface area contributed by atoms with E-state index >= 15 is 0 Å². The first-order valence-electron chi connectivity index (χ1n) is 14.7. The maximum atomic E-state index is 9.26. The molecule has 0 aliphatic carbocycles. The molecule has 0 amide bonds. The highest BCUT2D eigenvalue weighted by Crippen LogP contribution is 2.39. The minimum Gasteiger partial charge on any atom is -0.398 e. The molecule has 0 spiro atoms. The lowest BCUT2D eigenvalue weighted by atomic mass is 9.90. The summed E-state index contributed by atoms with van der Waals surface area (Å²) in [5.74, 6) is 0. The lowest BCUT2D eigenvalue weighted by molar-refractivity contribution is 1.46. The third kappa shape index (κ3) is 4.99. The molecule has 0 bridgehead atoms. The summed E-state index contributed by atoms with van der Waals surface area (Å²) in [6, 6.07) is 42.8. The Kier molecular flexibility index (Phi) is 6.89. The van der Waals surface area contributed by atoms with Gasteiger partial charge in [0.1, 0.15) is 11.6 Å². The van der Waals surface area contributed by atoms with E-state index in [9.17, 15) is 5.26 Å². The van der Waals surface area contributed by atoms with Crippen LogP contribution >= 0.6 is 0 Å². The van der Waals surface area contributed by atoms with Crippen molar-refractivity contribution in [3.8, 4) is 34.4 Å². The van der Waals surface area contributed by atoms with Crippen LogP contribution in [0.3, 0.4) is 0 Å². The summed E-state index contributed by atoms with van der Waals surface area (Å²) in [5, 5.41) is 25.7. The fraction of sp³-hybridized carbons (Fsp3) is 0.0244. The summed E-state index contributed by atoms with van der Waals surface area (Å²) in [6.45, 7) is 1.83. The number of allylic oxidation sites excluding steroid dienone is 5. The van der Waals surface area contributed by atoms with Gasteiger partial charge < -0.3 is 5.73 Å². The van der Waals surface area contributed by atoms with Crippen LogP contribution in [-0.2, 0) is 0 Å². The third-order valence-electron chi connectivity index (χ3n) is 8.42. The van der Waals surface area contributed by atoms with Crippen LogP contribution in [0.25, 0.3) is 60.3 Å². The van der Waals surface area contributed by atoms with E-state index < -0.39 is 0 Å². The fourth-order valence-corrected chi connectivity index (χ4v) is 6.02. The van der Waals surface area contributed by atoms with Crippen LogP contribution in [0.1, 0.15) is 18.1 Å². The predicted molar refractivity (Wildman–Crippen MR) is 187 cm³/mol. The Bertz CT molecular complexity index is 2420. The minimum atomic E-state index is 0.536. The zero-order chi connectivity index (χ0) is 30.9. The van der Waals surface area contributed by atoms with Crippen molar-refractivity contribution >= 4 is 49.9 Å². The van der Waals surface area contributed by atoms with Gasteiger partial charge in [0.15, 0.2) is 0 Å². The number of nitriles is 2. The summed E-state index contributed by atoms with van der Waals surface area (Å²) in [4.78, 5) is 0. The van der Waals surface area contributed by atoms with Crippen molar-refractivity contribution in [2.75, 3.05) is 0 Å². The van der Waals surface area contributed by atoms with Gasteiger partial charge in [-0.1, -0.05) is 95.7 Å². The van der Waals surface area contributed by atoms with Gasteiger partial charge in [-0.25, -0.2) is 0 Å². The van der Waals surface area contributed by atoms with E-state index in [1.165, 1.54) is 32.3 Å². The molecule has 0 atom stereocenters. The number of nitrogens with two attached hydrogens (primary N) is 1. The van der Waals surface area contributed by atoms with E-state index in [1.54, 1.807) is 18.4 Å². The molecule has 0 saturated carbocycles. The molecule has 0 unspecified atom stereocenters. The SMILES string of the molecule is C/C=C(C#N)\C=C(/N)c1ccc(-c2ccc3c4ccccc4c4ccc(-c5ccc(C6=[N+]=CC(C#N)=C6)cc5)cc4c3c2)cc1. The van der Waals surface area contributed by atoms with Crippen molar-refractivity contribution in [2.45, 2.75) is 6.92 Å². The van der Waals surface area contributed by atoms with Gasteiger partial charge in [0, 0.05) is 11.3 Å². The summed E-state index contributed by atoms with van der Waals surface area (Å²) in [6.07, 6.45) is 6.87. The number of fused-ring (bicyclic) bond motifs is 6. The van der Waals surface area contributed by atoms with E-state index in [1.807, 2.05) is 25.1 Å². The molecule has 1 aliphatic heterocycles. The number of hydrogen-bond acceptors (Lipinski definition) is 3. The first-order valence-corrected chi connectivity index (χ1v) is 14.7. The van der Waals surface area contributed by atoms with Crippen LogP contribution in [0.4, 0.5) is 0 Å². The van der Waals surface area contributed by atoms with Crippen LogP contribution in [-0.4, -0.2) is 11.9 Å². The Morgan fingerprint density at radius 2 is 1.16 bits per heavy atom. The van der Waals surface area contributed by atoms with Crippen molar-refractivity contribution in [1.29, 1.82) is 10.5 Å². The van der Waals surface area contributed by atoms with E-state index in [2.05, 4.69) is 114 Å². The van der Waals surface area contributed by atoms with Crippen LogP contribution < -0.4 is 10.4 Å². The number of benzene rings is 6. The molecule has 4 heteroatoms. The molecular weight excluding hydrogens is 548 g/mol. The van der Waals surface area contributed by atoms with Crippen LogP contribution in [0.15, 0.2) is 139 Å². The van der Waals surface area contributed by atoms with Gasteiger partial charge in [-0.3, -0.25) is 0 Å². The zero-order valence-corrected chi connectivity index (χ0v) is 24.6. The van der Waals surface area contributed by atoms with Gasteiger partial charge in [0.05, 0.1) is 17.7 Å². The van der Waals surface area contributed by atoms with Crippen LogP contribution in [0.2, 0.25) is 0 Å². The molecule has 210 valence electrons. The first-order chi connectivity index (χ1) is 22.1. The Hall–Kier alpha value is -6.45. The number of hydrogen-bond donors (Lipinski definition) is 1. The van der Waals surface area contributed by atoms with Gasteiger partial charge in [0.2, 0.25) is 0 Å². The number of nitrogens with zero attached hydrogens (tertiary/aromatic N) is 3. The largest absolute Gasteiger partial charge is 0.398 e. The molecule has 4 nitrogen and oxygen atoms in total. The fourth-order valence-electron chi connectivity index (χ4n) is 6.02. The Balaban J connectivity index is 1.33. The molecule has 2 N–H and O–H groups in total. The molecule has 1 aliphatic rings. The maximum Gasteiger partial charge on any atom is 0.335 e. The summed E-state index contributed by atoms with van der Waals surface area (Å²) < 4.78 is 4.38. The molecule has 0 radical (unpaired) electrons. The van der Waals surface area contributed by atoms with Gasteiger partial charge in [0.25, 0.3) is 0 Å². The molecule has 6 aromatic rings. The second-order valence-corrected chi connectivity index (χ2v) is 11.0. The maximum absolute atomic E-state index is 9.26. The molecule has 0 aromatic heterocycles. The van der Waals surface area contributed by atoms with Gasteiger partial charge in [-0.2, -0.15) is 10.5 Å². The van der Waals surface area contributed by atoms with Crippen LogP contribution in [0, 0.1) is 22.7 Å². The smallest absolute Gasteiger partial charge is 0.335 e. The minimum absolute atomic E-state index is 0.536. The lowest BCUT2D eigenvalue weighted by Crippen LogP contribution is -1.97. The van der Waals surface area contributed by atoms with Crippen molar-refractivity contribution in [3.63, 3.8) is 0 Å². The summed E-state index contributed by atoms with van der Waals surface area (Å²) in [5.41, 5.74) is 15.1. The first kappa shape index (κ1) is 27.4. The summed E-state index contributed by atoms with van der Waals surface area (Å²) in [7, 11) is 0. The average molecular weight is 576 g/mol. The van der Waals surface area contributed by atoms with Crippen molar-refractivity contribution in [2.24, 2.45) is 5.73 Å². The highest BCUT2D eigenvalue weighted by Gasteiger charge is 2.18. The molecule has 0 fully saturated rings. The number of rotatable bonds is 5. The van der Waals surface area contributed by atoms with Gasteiger partial charge in [-0.15, -0.1) is 0 Å². The highest BCUT2D eigenvalue weighted by atomic mass is 14.6. The Morgan fingerprint density at radius 3 is 1.67 bits per heavy atom. The Labute approximate surface area is 261 Å². The van der Waals surface area contributed by atoms with Crippen molar-refractivity contribution in [1.82, 2.24) is 4.67 Å². The Morgan fingerprint density at radius 1 is 0.644 bits per heavy atom. The summed E-state index contributed by atoms with van der Waals surface area (Å²) >= 11 is 0. The van der Waals surface area contributed by atoms with Gasteiger partial charge >= 0.3 is 11.9 Å². The van der Waals surface area contributed by atoms with Crippen molar-refractivity contribution < 1.29 is 0 Å². The molecule has 7 rings (SSSR count). The van der Waals surface area contributed by atoms with Gasteiger partial charge in [-0.05, 0) is 97.4 Å². The quantitative estimate of drug-likeness (QED) is 0.0966.